The number of anilines is 1. The van der Waals surface area contributed by atoms with E-state index >= 15 is 0 Å². The molecule has 0 fully saturated rings. The third kappa shape index (κ3) is 3.49. The van der Waals surface area contributed by atoms with Crippen LogP contribution in [0.5, 0.6) is 0 Å². The Morgan fingerprint density at radius 1 is 1.53 bits per heavy atom. The molecule has 0 unspecified atom stereocenters. The van der Waals surface area contributed by atoms with Gasteiger partial charge >= 0.3 is 0 Å². The summed E-state index contributed by atoms with van der Waals surface area (Å²) in [4.78, 5) is 6.17. The van der Waals surface area contributed by atoms with E-state index in [0.717, 1.165) is 11.4 Å². The predicted octanol–water partition coefficient (Wildman–Crippen LogP) is 0.747. The molecule has 0 aliphatic carbocycles. The highest BCUT2D eigenvalue weighted by atomic mass is 16.3. The van der Waals surface area contributed by atoms with Crippen molar-refractivity contribution in [3.05, 3.63) is 24.0 Å². The molecule has 1 aromatic rings. The zero-order chi connectivity index (χ0) is 11.5. The van der Waals surface area contributed by atoms with Gasteiger partial charge in [0.1, 0.15) is 0 Å². The Kier molecular flexibility index (Phi) is 3.66. The molecule has 1 heterocycles. The highest BCUT2D eigenvalue weighted by Crippen LogP contribution is 2.18. The van der Waals surface area contributed by atoms with Crippen LogP contribution < -0.4 is 10.6 Å². The third-order valence-electron chi connectivity index (χ3n) is 2.09. The molecule has 1 rings (SSSR count). The summed E-state index contributed by atoms with van der Waals surface area (Å²) in [6, 6.07) is 3.83. The Morgan fingerprint density at radius 2 is 2.20 bits per heavy atom. The molecule has 84 valence electrons. The van der Waals surface area contributed by atoms with E-state index < -0.39 is 5.60 Å². The van der Waals surface area contributed by atoms with E-state index in [1.54, 1.807) is 20.0 Å². The summed E-state index contributed by atoms with van der Waals surface area (Å²) in [6.07, 6.45) is 1.73. The smallest absolute Gasteiger partial charge is 0.0772 e. The maximum Gasteiger partial charge on any atom is 0.0772 e. The van der Waals surface area contributed by atoms with Gasteiger partial charge in [-0.3, -0.25) is 4.98 Å². The van der Waals surface area contributed by atoms with Crippen LogP contribution in [0.3, 0.4) is 0 Å². The van der Waals surface area contributed by atoms with Crippen molar-refractivity contribution in [2.45, 2.75) is 26.0 Å². The third-order valence-corrected chi connectivity index (χ3v) is 2.09. The van der Waals surface area contributed by atoms with Crippen LogP contribution in [-0.4, -0.2) is 29.3 Å². The van der Waals surface area contributed by atoms with Gasteiger partial charge in [0.25, 0.3) is 0 Å². The molecule has 0 aromatic carbocycles. The number of nitrogens with two attached hydrogens (primary N) is 1. The Balaban J connectivity index is 2.86. The molecule has 0 aliphatic heterocycles. The van der Waals surface area contributed by atoms with Crippen LogP contribution in [0, 0.1) is 0 Å². The molecule has 1 aromatic heterocycles. The average Bonchev–Trinajstić information content (AvgIpc) is 2.15. The second kappa shape index (κ2) is 4.59. The molecular formula is C11H19N3O. The summed E-state index contributed by atoms with van der Waals surface area (Å²) in [5, 5.41) is 9.72. The zero-order valence-electron chi connectivity index (χ0n) is 9.57. The molecule has 3 N–H and O–H groups in total. The number of hydrogen-bond acceptors (Lipinski definition) is 4. The molecule has 15 heavy (non-hydrogen) atoms. The van der Waals surface area contributed by atoms with Gasteiger partial charge in [0, 0.05) is 26.3 Å². The normalized spacial score (nSPS) is 11.5. The van der Waals surface area contributed by atoms with Gasteiger partial charge < -0.3 is 15.7 Å². The Morgan fingerprint density at radius 3 is 2.73 bits per heavy atom. The molecule has 0 spiro atoms. The lowest BCUT2D eigenvalue weighted by atomic mass is 10.1. The van der Waals surface area contributed by atoms with Gasteiger partial charge in [-0.05, 0) is 26.0 Å². The standard InChI is InChI=1S/C11H19N3O/c1-11(2,15)8-14(3)10-5-4-6-13-9(10)7-12/h4-6,15H,7-8,12H2,1-3H3. The van der Waals surface area contributed by atoms with Gasteiger partial charge in [-0.15, -0.1) is 0 Å². The van der Waals surface area contributed by atoms with Crippen molar-refractivity contribution < 1.29 is 5.11 Å². The fraction of sp³-hybridized carbons (Fsp3) is 0.545. The van der Waals surface area contributed by atoms with Gasteiger partial charge in [0.2, 0.25) is 0 Å². The molecular weight excluding hydrogens is 190 g/mol. The van der Waals surface area contributed by atoms with Crippen molar-refractivity contribution in [1.29, 1.82) is 0 Å². The van der Waals surface area contributed by atoms with E-state index in [0.29, 0.717) is 13.1 Å². The fourth-order valence-corrected chi connectivity index (χ4v) is 1.60. The second-order valence-electron chi connectivity index (χ2n) is 4.34. The quantitative estimate of drug-likeness (QED) is 0.768. The van der Waals surface area contributed by atoms with Crippen molar-refractivity contribution >= 4 is 5.69 Å². The topological polar surface area (TPSA) is 62.4 Å². The molecule has 0 saturated heterocycles. The second-order valence-corrected chi connectivity index (χ2v) is 4.34. The molecule has 0 aliphatic rings. The molecule has 4 heteroatoms. The number of likely N-dealkylation sites (N-methyl/N-ethyl adjacent to an activating group) is 1. The Hall–Kier alpha value is -1.13. The maximum absolute atomic E-state index is 9.72. The minimum absolute atomic E-state index is 0.409. The van der Waals surface area contributed by atoms with Gasteiger partial charge in [-0.2, -0.15) is 0 Å². The number of hydrogen-bond donors (Lipinski definition) is 2. The predicted molar refractivity (Wildman–Crippen MR) is 61.7 cm³/mol. The summed E-state index contributed by atoms with van der Waals surface area (Å²) in [7, 11) is 1.92. The lowest BCUT2D eigenvalue weighted by Crippen LogP contribution is -2.36. The summed E-state index contributed by atoms with van der Waals surface area (Å²) >= 11 is 0. The van der Waals surface area contributed by atoms with Crippen molar-refractivity contribution in [2.75, 3.05) is 18.5 Å². The first-order valence-electron chi connectivity index (χ1n) is 5.01. The highest BCUT2D eigenvalue weighted by molar-refractivity contribution is 5.49. The monoisotopic (exact) mass is 209 g/mol. The Labute approximate surface area is 90.7 Å². The molecule has 0 bridgehead atoms. The Bertz CT molecular complexity index is 320. The molecule has 0 amide bonds. The maximum atomic E-state index is 9.72. The van der Waals surface area contributed by atoms with E-state index in [2.05, 4.69) is 4.98 Å². The van der Waals surface area contributed by atoms with Crippen molar-refractivity contribution in [2.24, 2.45) is 5.73 Å². The summed E-state index contributed by atoms with van der Waals surface area (Å²) in [6.45, 7) is 4.52. The van der Waals surface area contributed by atoms with Gasteiger partial charge in [-0.1, -0.05) is 0 Å². The zero-order valence-corrected chi connectivity index (χ0v) is 9.57. The average molecular weight is 209 g/mol. The fourth-order valence-electron chi connectivity index (χ4n) is 1.60. The molecule has 4 nitrogen and oxygen atoms in total. The number of aromatic nitrogens is 1. The number of rotatable bonds is 4. The van der Waals surface area contributed by atoms with Crippen LogP contribution in [0.4, 0.5) is 5.69 Å². The van der Waals surface area contributed by atoms with Crippen molar-refractivity contribution in [1.82, 2.24) is 4.98 Å². The van der Waals surface area contributed by atoms with Crippen LogP contribution in [0.2, 0.25) is 0 Å². The molecule has 0 saturated carbocycles. The van der Waals surface area contributed by atoms with Gasteiger partial charge in [-0.25, -0.2) is 0 Å². The summed E-state index contributed by atoms with van der Waals surface area (Å²) in [5.41, 5.74) is 6.70. The largest absolute Gasteiger partial charge is 0.389 e. The van der Waals surface area contributed by atoms with E-state index in [4.69, 9.17) is 5.73 Å². The van der Waals surface area contributed by atoms with E-state index in [1.165, 1.54) is 0 Å². The van der Waals surface area contributed by atoms with Crippen LogP contribution >= 0.6 is 0 Å². The van der Waals surface area contributed by atoms with Crippen molar-refractivity contribution in [3.63, 3.8) is 0 Å². The van der Waals surface area contributed by atoms with Crippen LogP contribution in [0.1, 0.15) is 19.5 Å². The summed E-state index contributed by atoms with van der Waals surface area (Å²) < 4.78 is 0. The van der Waals surface area contributed by atoms with E-state index in [1.807, 2.05) is 24.1 Å². The van der Waals surface area contributed by atoms with E-state index in [-0.39, 0.29) is 0 Å². The molecule has 0 radical (unpaired) electrons. The van der Waals surface area contributed by atoms with Crippen molar-refractivity contribution in [3.8, 4) is 0 Å². The number of pyridine rings is 1. The first-order chi connectivity index (χ1) is 6.94. The minimum atomic E-state index is -0.726. The van der Waals surface area contributed by atoms with Gasteiger partial charge in [0.05, 0.1) is 17.0 Å². The lowest BCUT2D eigenvalue weighted by molar-refractivity contribution is 0.0886. The summed E-state index contributed by atoms with van der Waals surface area (Å²) in [5.74, 6) is 0. The number of aliphatic hydroxyl groups is 1. The first-order valence-corrected chi connectivity index (χ1v) is 5.01. The first kappa shape index (κ1) is 11.9. The van der Waals surface area contributed by atoms with E-state index in [9.17, 15) is 5.11 Å². The van der Waals surface area contributed by atoms with Crippen LogP contribution in [0.25, 0.3) is 0 Å². The SMILES string of the molecule is CN(CC(C)(C)O)c1cccnc1CN. The number of nitrogens with zero attached hydrogens (tertiary/aromatic N) is 2. The van der Waals surface area contributed by atoms with Gasteiger partial charge in [0.15, 0.2) is 0 Å². The molecule has 0 atom stereocenters. The lowest BCUT2D eigenvalue weighted by Gasteiger charge is -2.28. The van der Waals surface area contributed by atoms with Crippen LogP contribution in [0.15, 0.2) is 18.3 Å². The minimum Gasteiger partial charge on any atom is -0.389 e. The highest BCUT2D eigenvalue weighted by Gasteiger charge is 2.17. The van der Waals surface area contributed by atoms with Crippen LogP contribution in [-0.2, 0) is 6.54 Å².